The molecular formula is C26H33N7O2. The molecule has 0 aliphatic carbocycles. The molecule has 1 atom stereocenters. The molecule has 4 rings (SSSR count). The Hall–Kier alpha value is -3.72. The molecule has 184 valence electrons. The number of rotatable bonds is 7. The summed E-state index contributed by atoms with van der Waals surface area (Å²) in [5.41, 5.74) is 8.30. The summed E-state index contributed by atoms with van der Waals surface area (Å²) in [6.07, 6.45) is 0. The van der Waals surface area contributed by atoms with E-state index < -0.39 is 11.9 Å². The van der Waals surface area contributed by atoms with Gasteiger partial charge in [0, 0.05) is 37.3 Å². The molecule has 3 aromatic rings. The van der Waals surface area contributed by atoms with Crippen molar-refractivity contribution in [3.63, 3.8) is 0 Å². The van der Waals surface area contributed by atoms with Gasteiger partial charge in [0.2, 0.25) is 5.91 Å². The maximum Gasteiger partial charge on any atom is 0.321 e. The van der Waals surface area contributed by atoms with E-state index in [1.54, 1.807) is 0 Å². The van der Waals surface area contributed by atoms with Crippen molar-refractivity contribution in [3.8, 4) is 0 Å². The number of aryl methyl sites for hydroxylation is 1. The van der Waals surface area contributed by atoms with Crippen LogP contribution in [0, 0.1) is 12.8 Å². The number of fused-ring (bicyclic) bond motifs is 1. The first-order valence-corrected chi connectivity index (χ1v) is 12.0. The highest BCUT2D eigenvalue weighted by Crippen LogP contribution is 2.23. The molecule has 0 bridgehead atoms. The number of hydrogen-bond donors (Lipinski definition) is 3. The predicted octanol–water partition coefficient (Wildman–Crippen LogP) is 3.21. The summed E-state index contributed by atoms with van der Waals surface area (Å²) in [5, 5.41) is 7.10. The summed E-state index contributed by atoms with van der Waals surface area (Å²) < 4.78 is 0. The predicted molar refractivity (Wildman–Crippen MR) is 138 cm³/mol. The Bertz CT molecular complexity index is 1210. The number of hydrogen-bond acceptors (Lipinski definition) is 6. The largest absolute Gasteiger partial charge is 0.368 e. The van der Waals surface area contributed by atoms with Crippen LogP contribution < -0.4 is 16.4 Å². The van der Waals surface area contributed by atoms with Crippen LogP contribution in [0.2, 0.25) is 0 Å². The number of carbonyl (C=O) groups is 2. The molecule has 1 aromatic heterocycles. The van der Waals surface area contributed by atoms with Gasteiger partial charge in [-0.15, -0.1) is 0 Å². The Balaban J connectivity index is 1.43. The molecule has 0 saturated carbocycles. The maximum absolute atomic E-state index is 12.7. The van der Waals surface area contributed by atoms with Crippen LogP contribution in [0.1, 0.15) is 25.2 Å². The number of urea groups is 1. The van der Waals surface area contributed by atoms with Crippen molar-refractivity contribution in [3.05, 3.63) is 59.9 Å². The van der Waals surface area contributed by atoms with Crippen LogP contribution in [0.4, 0.5) is 16.3 Å². The fourth-order valence-electron chi connectivity index (χ4n) is 4.24. The number of piperazine rings is 1. The molecule has 0 radical (unpaired) electrons. The van der Waals surface area contributed by atoms with Crippen LogP contribution in [0.25, 0.3) is 10.9 Å². The highest BCUT2D eigenvalue weighted by molar-refractivity contribution is 5.92. The van der Waals surface area contributed by atoms with Gasteiger partial charge < -0.3 is 21.3 Å². The number of aromatic nitrogens is 2. The Morgan fingerprint density at radius 1 is 1.00 bits per heavy atom. The number of nitrogens with zero attached hydrogens (tertiary/aromatic N) is 4. The van der Waals surface area contributed by atoms with Crippen molar-refractivity contribution in [2.75, 3.05) is 36.8 Å². The van der Waals surface area contributed by atoms with Gasteiger partial charge in [-0.3, -0.25) is 9.69 Å². The van der Waals surface area contributed by atoms with Crippen molar-refractivity contribution >= 4 is 34.3 Å². The molecule has 0 unspecified atom stereocenters. The maximum atomic E-state index is 12.7. The van der Waals surface area contributed by atoms with E-state index in [2.05, 4.69) is 15.5 Å². The van der Waals surface area contributed by atoms with E-state index in [4.69, 9.17) is 15.7 Å². The molecule has 4 N–H and O–H groups in total. The lowest BCUT2D eigenvalue weighted by Gasteiger charge is -2.34. The monoisotopic (exact) mass is 475 g/mol. The van der Waals surface area contributed by atoms with Gasteiger partial charge in [0.25, 0.3) is 0 Å². The standard InChI is InChI=1S/C26H33N7O2/c1-17(2)23(24(27)34)31-25-19-9-5-7-11-21(19)28-22(30-25)16-32-12-14-33(15-13-32)26(35)29-20-10-6-4-8-18(20)3/h4-11,17,23H,12-16H2,1-3H3,(H2,27,34)(H,29,35)(H,28,30,31)/t23-/m0/s1. The van der Waals surface area contributed by atoms with Gasteiger partial charge in [0.1, 0.15) is 17.7 Å². The summed E-state index contributed by atoms with van der Waals surface area (Å²) in [6, 6.07) is 14.9. The SMILES string of the molecule is Cc1ccccc1NC(=O)N1CCN(Cc2nc(N[C@H](C(N)=O)C(C)C)c3ccccc3n2)CC1. The topological polar surface area (TPSA) is 116 Å². The van der Waals surface area contributed by atoms with Crippen molar-refractivity contribution in [2.45, 2.75) is 33.4 Å². The average molecular weight is 476 g/mol. The van der Waals surface area contributed by atoms with Crippen LogP contribution in [0.15, 0.2) is 48.5 Å². The molecule has 35 heavy (non-hydrogen) atoms. The zero-order valence-electron chi connectivity index (χ0n) is 20.5. The number of benzene rings is 2. The number of primary amides is 1. The van der Waals surface area contributed by atoms with Crippen LogP contribution in [-0.4, -0.2) is 63.9 Å². The summed E-state index contributed by atoms with van der Waals surface area (Å²) >= 11 is 0. The van der Waals surface area contributed by atoms with E-state index in [9.17, 15) is 9.59 Å². The van der Waals surface area contributed by atoms with E-state index in [1.165, 1.54) is 0 Å². The smallest absolute Gasteiger partial charge is 0.321 e. The third-order valence-corrected chi connectivity index (χ3v) is 6.33. The number of nitrogens with one attached hydrogen (secondary N) is 2. The van der Waals surface area contributed by atoms with E-state index in [0.717, 1.165) is 35.2 Å². The van der Waals surface area contributed by atoms with Gasteiger partial charge >= 0.3 is 6.03 Å². The summed E-state index contributed by atoms with van der Waals surface area (Å²) in [4.78, 5) is 38.3. The third kappa shape index (κ3) is 5.86. The van der Waals surface area contributed by atoms with Gasteiger partial charge in [0.15, 0.2) is 0 Å². The molecular weight excluding hydrogens is 442 g/mol. The summed E-state index contributed by atoms with van der Waals surface area (Å²) in [6.45, 7) is 9.10. The zero-order valence-corrected chi connectivity index (χ0v) is 20.5. The fraction of sp³-hybridized carbons (Fsp3) is 0.385. The van der Waals surface area contributed by atoms with Crippen molar-refractivity contribution < 1.29 is 9.59 Å². The number of nitrogens with two attached hydrogens (primary N) is 1. The second-order valence-electron chi connectivity index (χ2n) is 9.28. The van der Waals surface area contributed by atoms with Crippen molar-refractivity contribution in [2.24, 2.45) is 11.7 Å². The van der Waals surface area contributed by atoms with Crippen molar-refractivity contribution in [1.82, 2.24) is 19.8 Å². The van der Waals surface area contributed by atoms with E-state index in [1.807, 2.05) is 74.2 Å². The molecule has 3 amide bonds. The molecule has 0 spiro atoms. The number of carbonyl (C=O) groups excluding carboxylic acids is 2. The lowest BCUT2D eigenvalue weighted by atomic mass is 10.0. The number of amides is 3. The minimum Gasteiger partial charge on any atom is -0.368 e. The Kier molecular flexibility index (Phi) is 7.45. The first-order valence-electron chi connectivity index (χ1n) is 12.0. The number of para-hydroxylation sites is 2. The molecule has 2 aromatic carbocycles. The third-order valence-electron chi connectivity index (χ3n) is 6.33. The lowest BCUT2D eigenvalue weighted by molar-refractivity contribution is -0.119. The first-order chi connectivity index (χ1) is 16.8. The second kappa shape index (κ2) is 10.7. The quantitative estimate of drug-likeness (QED) is 0.483. The zero-order chi connectivity index (χ0) is 24.9. The summed E-state index contributed by atoms with van der Waals surface area (Å²) in [7, 11) is 0. The summed E-state index contributed by atoms with van der Waals surface area (Å²) in [5.74, 6) is 0.878. The average Bonchev–Trinajstić information content (AvgIpc) is 2.84. The number of anilines is 2. The molecule has 9 nitrogen and oxygen atoms in total. The lowest BCUT2D eigenvalue weighted by Crippen LogP contribution is -2.49. The van der Waals surface area contributed by atoms with E-state index in [0.29, 0.717) is 31.3 Å². The first kappa shape index (κ1) is 24.4. The fourth-order valence-corrected chi connectivity index (χ4v) is 4.24. The Morgan fingerprint density at radius 2 is 1.69 bits per heavy atom. The minimum absolute atomic E-state index is 0.0172. The van der Waals surface area contributed by atoms with Crippen molar-refractivity contribution in [1.29, 1.82) is 0 Å². The minimum atomic E-state index is -0.531. The molecule has 1 saturated heterocycles. The molecule has 2 heterocycles. The van der Waals surface area contributed by atoms with E-state index in [-0.39, 0.29) is 11.9 Å². The molecule has 1 fully saturated rings. The van der Waals surface area contributed by atoms with Crippen LogP contribution >= 0.6 is 0 Å². The van der Waals surface area contributed by atoms with Crippen LogP contribution in [0.3, 0.4) is 0 Å². The van der Waals surface area contributed by atoms with Crippen LogP contribution in [-0.2, 0) is 11.3 Å². The van der Waals surface area contributed by atoms with Gasteiger partial charge in [-0.05, 0) is 36.6 Å². The second-order valence-corrected chi connectivity index (χ2v) is 9.28. The van der Waals surface area contributed by atoms with Gasteiger partial charge in [-0.1, -0.05) is 44.2 Å². The highest BCUT2D eigenvalue weighted by Gasteiger charge is 2.24. The Morgan fingerprint density at radius 3 is 2.37 bits per heavy atom. The molecule has 1 aliphatic heterocycles. The normalized spacial score (nSPS) is 15.3. The molecule has 1 aliphatic rings. The highest BCUT2D eigenvalue weighted by atomic mass is 16.2. The van der Waals surface area contributed by atoms with Gasteiger partial charge in [-0.25, -0.2) is 14.8 Å². The van der Waals surface area contributed by atoms with Crippen LogP contribution in [0.5, 0.6) is 0 Å². The molecule has 9 heteroatoms. The van der Waals surface area contributed by atoms with E-state index >= 15 is 0 Å². The van der Waals surface area contributed by atoms with Gasteiger partial charge in [0.05, 0.1) is 12.1 Å². The Labute approximate surface area is 205 Å². The van der Waals surface area contributed by atoms with Gasteiger partial charge in [-0.2, -0.15) is 0 Å².